The Kier molecular flexibility index (Phi) is 8.80. The van der Waals surface area contributed by atoms with Crippen LogP contribution in [0.4, 0.5) is 17.6 Å². The van der Waals surface area contributed by atoms with Gasteiger partial charge in [0.1, 0.15) is 11.6 Å². The van der Waals surface area contributed by atoms with E-state index in [-0.39, 0.29) is 23.2 Å². The topological polar surface area (TPSA) is 96.0 Å². The van der Waals surface area contributed by atoms with E-state index in [9.17, 15) is 35.6 Å². The van der Waals surface area contributed by atoms with E-state index in [2.05, 4.69) is 4.90 Å². The molecule has 1 saturated heterocycles. The molecule has 1 fully saturated rings. The smallest absolute Gasteiger partial charge is 0.416 e. The first-order valence-corrected chi connectivity index (χ1v) is 13.0. The molecule has 1 heterocycles. The Morgan fingerprint density at radius 2 is 1.78 bits per heavy atom. The molecule has 2 aromatic carbocycles. The summed E-state index contributed by atoms with van der Waals surface area (Å²) >= 11 is 0. The Balaban J connectivity index is 1.66. The summed E-state index contributed by atoms with van der Waals surface area (Å²) in [4.78, 5) is 27.7. The van der Waals surface area contributed by atoms with Gasteiger partial charge in [-0.15, -0.1) is 0 Å². The van der Waals surface area contributed by atoms with Crippen molar-refractivity contribution >= 4 is 21.8 Å². The van der Waals surface area contributed by atoms with Crippen molar-refractivity contribution in [3.63, 3.8) is 0 Å². The van der Waals surface area contributed by atoms with Crippen molar-refractivity contribution in [1.29, 1.82) is 0 Å². The Labute approximate surface area is 212 Å². The Bertz CT molecular complexity index is 1240. The van der Waals surface area contributed by atoms with Crippen molar-refractivity contribution in [2.45, 2.75) is 38.4 Å². The summed E-state index contributed by atoms with van der Waals surface area (Å²) in [6, 6.07) is 8.26. The fourth-order valence-corrected chi connectivity index (χ4v) is 5.23. The highest BCUT2D eigenvalue weighted by Gasteiger charge is 2.32. The van der Waals surface area contributed by atoms with Crippen molar-refractivity contribution in [1.82, 2.24) is 14.5 Å². The summed E-state index contributed by atoms with van der Waals surface area (Å²) in [5, 5.41) is 0. The molecule has 2 aromatic rings. The third-order valence-corrected chi connectivity index (χ3v) is 7.02. The van der Waals surface area contributed by atoms with Crippen LogP contribution in [0.1, 0.15) is 30.5 Å². The molecule has 1 aliphatic rings. The number of alkyl halides is 3. The minimum Gasteiger partial charge on any atom is -0.483 e. The summed E-state index contributed by atoms with van der Waals surface area (Å²) in [6.07, 6.45) is -4.73. The van der Waals surface area contributed by atoms with Gasteiger partial charge in [-0.25, -0.2) is 12.8 Å². The predicted molar refractivity (Wildman–Crippen MR) is 126 cm³/mol. The van der Waals surface area contributed by atoms with Crippen molar-refractivity contribution in [3.05, 3.63) is 65.0 Å². The molecule has 3 rings (SSSR count). The molecule has 0 radical (unpaired) electrons. The van der Waals surface area contributed by atoms with Crippen LogP contribution in [-0.2, 0) is 38.1 Å². The number of carbonyl (C=O) groups excluding carboxylic acids is 2. The highest BCUT2D eigenvalue weighted by Crippen LogP contribution is 2.33. The first-order chi connectivity index (χ1) is 17.2. The van der Waals surface area contributed by atoms with Gasteiger partial charge in [0.15, 0.2) is 6.61 Å². The molecule has 8 nitrogen and oxygen atoms in total. The maximum atomic E-state index is 13.2. The van der Waals surface area contributed by atoms with Gasteiger partial charge in [-0.05, 0) is 42.8 Å². The molecular weight excluding hydrogens is 518 g/mol. The van der Waals surface area contributed by atoms with Gasteiger partial charge in [0, 0.05) is 44.7 Å². The zero-order valence-electron chi connectivity index (χ0n) is 20.2. The van der Waals surface area contributed by atoms with E-state index in [1.165, 1.54) is 12.1 Å². The fourth-order valence-electron chi connectivity index (χ4n) is 4.09. The lowest BCUT2D eigenvalue weighted by molar-refractivity contribution is -0.139. The molecule has 0 aromatic heterocycles. The van der Waals surface area contributed by atoms with Gasteiger partial charge in [-0.3, -0.25) is 19.2 Å². The quantitative estimate of drug-likeness (QED) is 0.513. The number of rotatable bonds is 8. The zero-order valence-corrected chi connectivity index (χ0v) is 21.0. The molecule has 1 N–H and O–H groups in total. The van der Waals surface area contributed by atoms with Crippen molar-refractivity contribution in [2.24, 2.45) is 0 Å². The number of amides is 2. The van der Waals surface area contributed by atoms with Crippen LogP contribution in [0.5, 0.6) is 5.75 Å². The molecular formula is C24H27F4N3O5S. The summed E-state index contributed by atoms with van der Waals surface area (Å²) in [5.74, 6) is -2.78. The number of hydrogen-bond donors (Lipinski definition) is 1. The standard InChI is InChI=1S/C24H27F4N3O5S/c1-16-12-30(13-18-3-6-21(25)7-4-18)9-10-31(16)23(33)14-36-22-8-5-20(24(26,27)28)11-19(22)15-37(34,35)29-17(2)32/h3-8,11,16H,9-10,12-15H2,1-2H3,(H,29,32)/t16-/m1/s1. The van der Waals surface area contributed by atoms with E-state index in [1.54, 1.807) is 21.8 Å². The van der Waals surface area contributed by atoms with Crippen LogP contribution in [0.3, 0.4) is 0 Å². The molecule has 0 bridgehead atoms. The molecule has 202 valence electrons. The van der Waals surface area contributed by atoms with E-state index in [1.807, 2.05) is 6.92 Å². The third-order valence-electron chi connectivity index (χ3n) is 5.74. The van der Waals surface area contributed by atoms with Crippen molar-refractivity contribution < 1.29 is 40.3 Å². The number of carbonyl (C=O) groups is 2. The minimum absolute atomic E-state index is 0.197. The van der Waals surface area contributed by atoms with Gasteiger partial charge >= 0.3 is 6.18 Å². The van der Waals surface area contributed by atoms with Gasteiger partial charge < -0.3 is 9.64 Å². The molecule has 2 amide bonds. The molecule has 0 saturated carbocycles. The zero-order chi connectivity index (χ0) is 27.4. The molecule has 13 heteroatoms. The van der Waals surface area contributed by atoms with Crippen LogP contribution >= 0.6 is 0 Å². The average molecular weight is 546 g/mol. The Morgan fingerprint density at radius 1 is 1.11 bits per heavy atom. The van der Waals surface area contributed by atoms with Crippen LogP contribution in [-0.4, -0.2) is 62.3 Å². The summed E-state index contributed by atoms with van der Waals surface area (Å²) < 4.78 is 84.2. The lowest BCUT2D eigenvalue weighted by Gasteiger charge is -2.39. The number of halogens is 4. The summed E-state index contributed by atoms with van der Waals surface area (Å²) in [5.41, 5.74) is -0.501. The second kappa shape index (κ2) is 11.5. The average Bonchev–Trinajstić information content (AvgIpc) is 2.78. The van der Waals surface area contributed by atoms with Gasteiger partial charge in [-0.2, -0.15) is 13.2 Å². The highest BCUT2D eigenvalue weighted by molar-refractivity contribution is 7.89. The number of sulfonamides is 1. The van der Waals surface area contributed by atoms with Crippen molar-refractivity contribution in [3.8, 4) is 5.75 Å². The largest absolute Gasteiger partial charge is 0.483 e. The first-order valence-electron chi connectivity index (χ1n) is 11.3. The van der Waals surface area contributed by atoms with Gasteiger partial charge in [0.2, 0.25) is 15.9 Å². The molecule has 0 spiro atoms. The number of nitrogens with zero attached hydrogens (tertiary/aromatic N) is 2. The molecule has 37 heavy (non-hydrogen) atoms. The Morgan fingerprint density at radius 3 is 2.38 bits per heavy atom. The highest BCUT2D eigenvalue weighted by atomic mass is 32.2. The second-order valence-electron chi connectivity index (χ2n) is 8.82. The fraction of sp³-hybridized carbons (Fsp3) is 0.417. The second-order valence-corrected chi connectivity index (χ2v) is 10.5. The number of hydrogen-bond acceptors (Lipinski definition) is 6. The van der Waals surface area contributed by atoms with Gasteiger partial charge in [0.05, 0.1) is 11.3 Å². The monoisotopic (exact) mass is 545 g/mol. The van der Waals surface area contributed by atoms with Crippen LogP contribution in [0.15, 0.2) is 42.5 Å². The predicted octanol–water partition coefficient (Wildman–Crippen LogP) is 2.92. The van der Waals surface area contributed by atoms with Gasteiger partial charge in [0.25, 0.3) is 5.91 Å². The number of piperazine rings is 1. The maximum Gasteiger partial charge on any atom is 0.416 e. The van der Waals surface area contributed by atoms with E-state index in [0.717, 1.165) is 24.6 Å². The van der Waals surface area contributed by atoms with Crippen LogP contribution in [0.25, 0.3) is 0 Å². The number of ether oxygens (including phenoxy) is 1. The van der Waals surface area contributed by atoms with Gasteiger partial charge in [-0.1, -0.05) is 12.1 Å². The van der Waals surface area contributed by atoms with E-state index >= 15 is 0 Å². The van der Waals surface area contributed by atoms with Crippen LogP contribution < -0.4 is 9.46 Å². The molecule has 1 atom stereocenters. The minimum atomic E-state index is -4.73. The van der Waals surface area contributed by atoms with E-state index < -0.39 is 45.9 Å². The lowest BCUT2D eigenvalue weighted by Crippen LogP contribution is -2.54. The van der Waals surface area contributed by atoms with E-state index in [4.69, 9.17) is 4.74 Å². The Hall–Kier alpha value is -3.19. The third kappa shape index (κ3) is 8.15. The summed E-state index contributed by atoms with van der Waals surface area (Å²) in [7, 11) is -4.29. The number of benzene rings is 2. The molecule has 0 unspecified atom stereocenters. The summed E-state index contributed by atoms with van der Waals surface area (Å²) in [6.45, 7) is 4.35. The molecule has 1 aliphatic heterocycles. The molecule has 0 aliphatic carbocycles. The SMILES string of the molecule is CC(=O)NS(=O)(=O)Cc1cc(C(F)(F)F)ccc1OCC(=O)N1CCN(Cc2ccc(F)cc2)C[C@H]1C. The van der Waals surface area contributed by atoms with Crippen LogP contribution in [0, 0.1) is 5.82 Å². The number of nitrogens with one attached hydrogen (secondary N) is 1. The maximum absolute atomic E-state index is 13.2. The lowest BCUT2D eigenvalue weighted by atomic mass is 10.1. The van der Waals surface area contributed by atoms with E-state index in [0.29, 0.717) is 32.2 Å². The normalized spacial score (nSPS) is 16.9. The van der Waals surface area contributed by atoms with Crippen LogP contribution in [0.2, 0.25) is 0 Å². The van der Waals surface area contributed by atoms with Crippen molar-refractivity contribution in [2.75, 3.05) is 26.2 Å². The first kappa shape index (κ1) is 28.4.